The molecule has 2 aliphatic heterocycles. The second kappa shape index (κ2) is 7.63. The maximum atomic E-state index is 13.2. The van der Waals surface area contributed by atoms with Gasteiger partial charge in [-0.3, -0.25) is 19.9 Å². The predicted octanol–water partition coefficient (Wildman–Crippen LogP) is 3.08. The van der Waals surface area contributed by atoms with Crippen molar-refractivity contribution in [3.63, 3.8) is 0 Å². The van der Waals surface area contributed by atoms with Crippen LogP contribution in [0.1, 0.15) is 24.5 Å². The zero-order valence-corrected chi connectivity index (χ0v) is 17.8. The van der Waals surface area contributed by atoms with Gasteiger partial charge in [0.25, 0.3) is 5.91 Å². The first-order chi connectivity index (χ1) is 13.9. The van der Waals surface area contributed by atoms with Crippen molar-refractivity contribution in [1.29, 1.82) is 5.41 Å². The molecule has 4 rings (SSSR count). The third-order valence-corrected chi connectivity index (χ3v) is 6.16. The van der Waals surface area contributed by atoms with Gasteiger partial charge in [-0.15, -0.1) is 0 Å². The van der Waals surface area contributed by atoms with Crippen LogP contribution in [0.15, 0.2) is 59.1 Å². The van der Waals surface area contributed by atoms with Gasteiger partial charge in [0.15, 0.2) is 5.96 Å². The molecule has 0 spiro atoms. The molecule has 2 heterocycles. The van der Waals surface area contributed by atoms with Gasteiger partial charge in [-0.25, -0.2) is 0 Å². The largest absolute Gasteiger partial charge is 0.338 e. The molecule has 2 N–H and O–H groups in total. The van der Waals surface area contributed by atoms with Crippen LogP contribution in [0.3, 0.4) is 0 Å². The van der Waals surface area contributed by atoms with Gasteiger partial charge in [-0.2, -0.15) is 0 Å². The normalized spacial score (nSPS) is 24.3. The molecule has 2 saturated heterocycles. The van der Waals surface area contributed by atoms with Gasteiger partial charge in [0.2, 0.25) is 5.91 Å². The highest BCUT2D eigenvalue weighted by atomic mass is 79.9. The predicted molar refractivity (Wildman–Crippen MR) is 114 cm³/mol. The van der Waals surface area contributed by atoms with Crippen LogP contribution in [-0.2, 0) is 21.7 Å². The lowest BCUT2D eigenvalue weighted by molar-refractivity contribution is -0.131. The van der Waals surface area contributed by atoms with E-state index in [-0.39, 0.29) is 23.7 Å². The average molecular weight is 455 g/mol. The second-order valence-corrected chi connectivity index (χ2v) is 8.77. The third-order valence-electron chi connectivity index (χ3n) is 5.66. The molecular formula is C22H23BrN4O2. The summed E-state index contributed by atoms with van der Waals surface area (Å²) < 4.78 is 0.883. The first kappa shape index (κ1) is 19.6. The van der Waals surface area contributed by atoms with E-state index < -0.39 is 5.54 Å². The Hall–Kier alpha value is -2.67. The van der Waals surface area contributed by atoms with E-state index in [9.17, 15) is 9.59 Å². The molecule has 0 aromatic heterocycles. The van der Waals surface area contributed by atoms with Gasteiger partial charge in [0.1, 0.15) is 5.54 Å². The van der Waals surface area contributed by atoms with Crippen LogP contribution in [-0.4, -0.2) is 40.7 Å². The van der Waals surface area contributed by atoms with Crippen molar-refractivity contribution in [2.45, 2.75) is 25.4 Å². The highest BCUT2D eigenvalue weighted by Gasteiger charge is 2.48. The van der Waals surface area contributed by atoms with Crippen molar-refractivity contribution in [2.75, 3.05) is 13.1 Å². The Morgan fingerprint density at radius 3 is 2.66 bits per heavy atom. The summed E-state index contributed by atoms with van der Waals surface area (Å²) in [6.45, 7) is 3.34. The highest BCUT2D eigenvalue weighted by Crippen LogP contribution is 2.31. The highest BCUT2D eigenvalue weighted by molar-refractivity contribution is 9.10. The lowest BCUT2D eigenvalue weighted by Crippen LogP contribution is -2.41. The first-order valence-corrected chi connectivity index (χ1v) is 10.4. The number of halogens is 1. The van der Waals surface area contributed by atoms with Crippen LogP contribution in [0.5, 0.6) is 0 Å². The van der Waals surface area contributed by atoms with Crippen molar-refractivity contribution in [3.05, 3.63) is 70.2 Å². The van der Waals surface area contributed by atoms with Gasteiger partial charge in [0.05, 0.1) is 0 Å². The molecule has 150 valence electrons. The summed E-state index contributed by atoms with van der Waals surface area (Å²) in [5.74, 6) is 0.0444. The smallest absolute Gasteiger partial charge is 0.259 e. The lowest BCUT2D eigenvalue weighted by atomic mass is 9.92. The molecule has 2 aromatic rings. The molecule has 29 heavy (non-hydrogen) atoms. The van der Waals surface area contributed by atoms with E-state index in [0.29, 0.717) is 26.1 Å². The molecule has 6 nitrogen and oxygen atoms in total. The number of hydrogen-bond donors (Lipinski definition) is 2. The molecule has 0 aliphatic carbocycles. The Morgan fingerprint density at radius 1 is 1.17 bits per heavy atom. The third kappa shape index (κ3) is 3.79. The minimum Gasteiger partial charge on any atom is -0.338 e. The first-order valence-electron chi connectivity index (χ1n) is 9.63. The Bertz CT molecular complexity index is 964. The topological polar surface area (TPSA) is 76.5 Å². The van der Waals surface area contributed by atoms with E-state index in [2.05, 4.69) is 21.2 Å². The van der Waals surface area contributed by atoms with Gasteiger partial charge < -0.3 is 10.2 Å². The zero-order valence-electron chi connectivity index (χ0n) is 16.2. The molecule has 2 aromatic carbocycles. The van der Waals surface area contributed by atoms with Gasteiger partial charge in [-0.05, 0) is 30.2 Å². The van der Waals surface area contributed by atoms with Gasteiger partial charge in [0, 0.05) is 36.4 Å². The number of guanidine groups is 1. The Morgan fingerprint density at radius 2 is 1.93 bits per heavy atom. The van der Waals surface area contributed by atoms with E-state index in [1.807, 2.05) is 59.5 Å². The van der Waals surface area contributed by atoms with Crippen LogP contribution in [0.2, 0.25) is 0 Å². The number of likely N-dealkylation sites (tertiary alicyclic amines) is 1. The van der Waals surface area contributed by atoms with Crippen LogP contribution in [0.4, 0.5) is 0 Å². The van der Waals surface area contributed by atoms with E-state index in [4.69, 9.17) is 5.41 Å². The van der Waals surface area contributed by atoms with E-state index in [0.717, 1.165) is 15.6 Å². The number of carbonyl (C=O) groups is 2. The SMILES string of the molecule is CC1(c2cccc(Br)c2)NC(=N)N(CC2CC(=O)N(Cc3ccccc3)C2)C1=O. The summed E-state index contributed by atoms with van der Waals surface area (Å²) in [6, 6.07) is 17.5. The molecule has 2 unspecified atom stereocenters. The van der Waals surface area contributed by atoms with Gasteiger partial charge >= 0.3 is 0 Å². The van der Waals surface area contributed by atoms with Crippen LogP contribution in [0, 0.1) is 11.3 Å². The quantitative estimate of drug-likeness (QED) is 0.728. The summed E-state index contributed by atoms with van der Waals surface area (Å²) >= 11 is 3.45. The van der Waals surface area contributed by atoms with Crippen LogP contribution >= 0.6 is 15.9 Å². The maximum absolute atomic E-state index is 13.2. The summed E-state index contributed by atoms with van der Waals surface area (Å²) in [7, 11) is 0. The number of hydrogen-bond acceptors (Lipinski definition) is 3. The Balaban J connectivity index is 1.45. The number of rotatable bonds is 5. The fourth-order valence-corrected chi connectivity index (χ4v) is 4.49. The van der Waals surface area contributed by atoms with Crippen molar-refractivity contribution in [2.24, 2.45) is 5.92 Å². The molecule has 2 amide bonds. The number of carbonyl (C=O) groups excluding carboxylic acids is 2. The van der Waals surface area contributed by atoms with Crippen molar-refractivity contribution >= 4 is 33.7 Å². The maximum Gasteiger partial charge on any atom is 0.259 e. The van der Waals surface area contributed by atoms with Crippen LogP contribution < -0.4 is 5.32 Å². The van der Waals surface area contributed by atoms with Crippen LogP contribution in [0.25, 0.3) is 0 Å². The molecule has 2 atom stereocenters. The number of amides is 2. The number of nitrogens with one attached hydrogen (secondary N) is 2. The summed E-state index contributed by atoms with van der Waals surface area (Å²) in [4.78, 5) is 29.0. The lowest BCUT2D eigenvalue weighted by Gasteiger charge is -2.24. The fourth-order valence-electron chi connectivity index (χ4n) is 4.09. The fraction of sp³-hybridized carbons (Fsp3) is 0.318. The van der Waals surface area contributed by atoms with Crippen molar-refractivity contribution < 1.29 is 9.59 Å². The van der Waals surface area contributed by atoms with E-state index in [1.165, 1.54) is 4.90 Å². The molecule has 0 radical (unpaired) electrons. The molecule has 0 saturated carbocycles. The average Bonchev–Trinajstić information content (AvgIpc) is 3.15. The standard InChI is InChI=1S/C22H23BrN4O2/c1-22(17-8-5-9-18(23)11-17)20(29)27(21(24)25-22)14-16-10-19(28)26(13-16)12-15-6-3-2-4-7-15/h2-9,11,16H,10,12-14H2,1H3,(H2,24,25). The number of nitrogens with zero attached hydrogens (tertiary/aromatic N) is 2. The summed E-state index contributed by atoms with van der Waals surface area (Å²) in [6.07, 6.45) is 0.400. The minimum absolute atomic E-state index is 0.0159. The Kier molecular flexibility index (Phi) is 5.17. The molecule has 2 aliphatic rings. The van der Waals surface area contributed by atoms with E-state index >= 15 is 0 Å². The molecule has 7 heteroatoms. The Labute approximate surface area is 178 Å². The molecule has 2 fully saturated rings. The zero-order chi connectivity index (χ0) is 20.6. The number of benzene rings is 2. The molecular weight excluding hydrogens is 432 g/mol. The minimum atomic E-state index is -0.979. The van der Waals surface area contributed by atoms with Crippen molar-refractivity contribution in [3.8, 4) is 0 Å². The summed E-state index contributed by atoms with van der Waals surface area (Å²) in [5.41, 5.74) is 0.917. The van der Waals surface area contributed by atoms with Crippen molar-refractivity contribution in [1.82, 2.24) is 15.1 Å². The van der Waals surface area contributed by atoms with E-state index in [1.54, 1.807) is 6.92 Å². The van der Waals surface area contributed by atoms with Gasteiger partial charge in [-0.1, -0.05) is 58.4 Å². The summed E-state index contributed by atoms with van der Waals surface area (Å²) in [5, 5.41) is 11.4. The monoisotopic (exact) mass is 454 g/mol. The molecule has 0 bridgehead atoms. The second-order valence-electron chi connectivity index (χ2n) is 7.85.